The number of carbonyl (C=O) groups is 1. The third-order valence-corrected chi connectivity index (χ3v) is 8.08. The molecular weight excluding hydrogens is 447 g/mol. The number of hydrogen-bond donors (Lipinski definition) is 1. The van der Waals surface area contributed by atoms with E-state index in [2.05, 4.69) is 5.32 Å². The van der Waals surface area contributed by atoms with Crippen molar-refractivity contribution in [1.82, 2.24) is 9.62 Å². The highest BCUT2D eigenvalue weighted by atomic mass is 32.2. The zero-order valence-corrected chi connectivity index (χ0v) is 19.6. The van der Waals surface area contributed by atoms with E-state index in [4.69, 9.17) is 9.47 Å². The molecule has 4 rings (SSSR count). The highest BCUT2D eigenvalue weighted by Crippen LogP contribution is 2.35. The molecule has 1 atom stereocenters. The van der Waals surface area contributed by atoms with Crippen LogP contribution in [0.2, 0.25) is 0 Å². The van der Waals surface area contributed by atoms with E-state index in [1.165, 1.54) is 16.4 Å². The Morgan fingerprint density at radius 2 is 1.67 bits per heavy atom. The second-order valence-corrected chi connectivity index (χ2v) is 10.7. The van der Waals surface area contributed by atoms with Crippen LogP contribution in [0.3, 0.4) is 0 Å². The Labute approximate surface area is 193 Å². The molecule has 33 heavy (non-hydrogen) atoms. The van der Waals surface area contributed by atoms with E-state index in [1.54, 1.807) is 0 Å². The summed E-state index contributed by atoms with van der Waals surface area (Å²) in [5.41, 5.74) is 0.943. The number of fused-ring (bicyclic) bond motifs is 1. The van der Waals surface area contributed by atoms with Crippen LogP contribution >= 0.6 is 0 Å². The average molecular weight is 477 g/mol. The number of amides is 1. The van der Waals surface area contributed by atoms with E-state index in [9.17, 15) is 17.6 Å². The maximum atomic E-state index is 13.2. The molecule has 0 saturated carbocycles. The monoisotopic (exact) mass is 476 g/mol. The zero-order valence-electron chi connectivity index (χ0n) is 18.8. The lowest BCUT2D eigenvalue weighted by atomic mass is 9.92. The Morgan fingerprint density at radius 3 is 2.30 bits per heavy atom. The van der Waals surface area contributed by atoms with Gasteiger partial charge in [-0.25, -0.2) is 12.8 Å². The predicted octanol–water partition coefficient (Wildman–Crippen LogP) is 3.51. The van der Waals surface area contributed by atoms with Crippen LogP contribution in [0.4, 0.5) is 4.39 Å². The molecule has 0 spiro atoms. The summed E-state index contributed by atoms with van der Waals surface area (Å²) in [6.45, 7) is 5.59. The van der Waals surface area contributed by atoms with Crippen LogP contribution in [0.5, 0.6) is 11.5 Å². The number of halogens is 1. The maximum Gasteiger partial charge on any atom is 0.243 e. The van der Waals surface area contributed by atoms with E-state index in [0.29, 0.717) is 37.6 Å². The summed E-state index contributed by atoms with van der Waals surface area (Å²) in [4.78, 5) is 13.1. The molecule has 1 saturated heterocycles. The first-order chi connectivity index (χ1) is 15.8. The molecule has 178 valence electrons. The molecule has 1 fully saturated rings. The molecule has 0 bridgehead atoms. The van der Waals surface area contributed by atoms with Gasteiger partial charge in [-0.3, -0.25) is 4.79 Å². The Balaban J connectivity index is 1.40. The highest BCUT2D eigenvalue weighted by molar-refractivity contribution is 7.89. The van der Waals surface area contributed by atoms with Gasteiger partial charge in [0.2, 0.25) is 15.9 Å². The molecule has 2 heterocycles. The first kappa shape index (κ1) is 23.5. The summed E-state index contributed by atoms with van der Waals surface area (Å²) >= 11 is 0. The van der Waals surface area contributed by atoms with Gasteiger partial charge in [-0.1, -0.05) is 19.9 Å². The first-order valence-corrected chi connectivity index (χ1v) is 12.7. The summed E-state index contributed by atoms with van der Waals surface area (Å²) in [5, 5.41) is 3.16. The van der Waals surface area contributed by atoms with Gasteiger partial charge >= 0.3 is 0 Å². The summed E-state index contributed by atoms with van der Waals surface area (Å²) in [5.74, 6) is 0.689. The van der Waals surface area contributed by atoms with Gasteiger partial charge in [0, 0.05) is 19.0 Å². The predicted molar refractivity (Wildman–Crippen MR) is 121 cm³/mol. The number of benzene rings is 2. The van der Waals surface area contributed by atoms with Gasteiger partial charge in [0.1, 0.15) is 19.0 Å². The third-order valence-electron chi connectivity index (χ3n) is 6.17. The van der Waals surface area contributed by atoms with Crippen LogP contribution in [0.15, 0.2) is 47.4 Å². The second-order valence-electron chi connectivity index (χ2n) is 8.77. The molecule has 9 heteroatoms. The topological polar surface area (TPSA) is 84.9 Å². The average Bonchev–Trinajstić information content (AvgIpc) is 2.82. The van der Waals surface area contributed by atoms with E-state index in [0.717, 1.165) is 17.7 Å². The molecule has 0 aliphatic carbocycles. The van der Waals surface area contributed by atoms with Crippen LogP contribution in [-0.2, 0) is 14.8 Å². The minimum Gasteiger partial charge on any atom is -0.486 e. The molecule has 0 unspecified atom stereocenters. The van der Waals surface area contributed by atoms with Crippen LogP contribution in [0, 0.1) is 17.7 Å². The maximum absolute atomic E-state index is 13.2. The van der Waals surface area contributed by atoms with Crippen LogP contribution in [0.25, 0.3) is 0 Å². The summed E-state index contributed by atoms with van der Waals surface area (Å²) < 4.78 is 51.4. The molecule has 0 radical (unpaired) electrons. The standard InChI is InChI=1S/C24H29FN2O5S/c1-16(2)23(18-3-8-21-22(15-18)32-14-13-31-21)26-24(28)17-9-11-27(12-10-17)33(29,30)20-6-4-19(25)5-7-20/h3-8,15-17,23H,9-14H2,1-2H3,(H,26,28)/t23-/m0/s1. The van der Waals surface area contributed by atoms with Crippen molar-refractivity contribution in [2.45, 2.75) is 37.6 Å². The van der Waals surface area contributed by atoms with Crippen molar-refractivity contribution >= 4 is 15.9 Å². The van der Waals surface area contributed by atoms with Gasteiger partial charge in [0.15, 0.2) is 11.5 Å². The number of nitrogens with one attached hydrogen (secondary N) is 1. The molecule has 0 aromatic heterocycles. The molecule has 2 aromatic rings. The smallest absolute Gasteiger partial charge is 0.243 e. The van der Waals surface area contributed by atoms with Crippen LogP contribution < -0.4 is 14.8 Å². The van der Waals surface area contributed by atoms with Gasteiger partial charge in [-0.15, -0.1) is 0 Å². The fourth-order valence-electron chi connectivity index (χ4n) is 4.27. The normalized spacial score (nSPS) is 18.2. The van der Waals surface area contributed by atoms with Crippen molar-refractivity contribution in [2.24, 2.45) is 11.8 Å². The lowest BCUT2D eigenvalue weighted by molar-refractivity contribution is -0.127. The molecular formula is C24H29FN2O5S. The quantitative estimate of drug-likeness (QED) is 0.690. The van der Waals surface area contributed by atoms with E-state index < -0.39 is 15.8 Å². The Hall–Kier alpha value is -2.65. The fourth-order valence-corrected chi connectivity index (χ4v) is 5.74. The Bertz CT molecular complexity index is 1100. The van der Waals surface area contributed by atoms with Crippen molar-refractivity contribution < 1.29 is 27.1 Å². The largest absolute Gasteiger partial charge is 0.486 e. The third kappa shape index (κ3) is 5.14. The lowest BCUT2D eigenvalue weighted by Crippen LogP contribution is -2.44. The first-order valence-electron chi connectivity index (χ1n) is 11.2. The minimum absolute atomic E-state index is 0.0604. The van der Waals surface area contributed by atoms with Crippen molar-refractivity contribution in [3.05, 3.63) is 53.8 Å². The summed E-state index contributed by atoms with van der Waals surface area (Å²) in [7, 11) is -3.71. The van der Waals surface area contributed by atoms with Crippen molar-refractivity contribution in [3.8, 4) is 11.5 Å². The zero-order chi connectivity index (χ0) is 23.6. The van der Waals surface area contributed by atoms with Gasteiger partial charge in [-0.2, -0.15) is 4.31 Å². The van der Waals surface area contributed by atoms with Gasteiger partial charge in [-0.05, 0) is 60.7 Å². The Morgan fingerprint density at radius 1 is 1.03 bits per heavy atom. The van der Waals surface area contributed by atoms with Gasteiger partial charge < -0.3 is 14.8 Å². The summed E-state index contributed by atoms with van der Waals surface area (Å²) in [6.07, 6.45) is 0.858. The molecule has 2 aliphatic rings. The number of piperidine rings is 1. The van der Waals surface area contributed by atoms with Crippen molar-refractivity contribution in [1.29, 1.82) is 0 Å². The second kappa shape index (κ2) is 9.69. The van der Waals surface area contributed by atoms with E-state index in [-0.39, 0.29) is 41.8 Å². The number of rotatable bonds is 6. The van der Waals surface area contributed by atoms with Crippen molar-refractivity contribution in [2.75, 3.05) is 26.3 Å². The molecule has 2 aliphatic heterocycles. The number of nitrogens with zero attached hydrogens (tertiary/aromatic N) is 1. The van der Waals surface area contributed by atoms with Crippen molar-refractivity contribution in [3.63, 3.8) is 0 Å². The Kier molecular flexibility index (Phi) is 6.90. The molecule has 1 amide bonds. The minimum atomic E-state index is -3.71. The number of sulfonamides is 1. The molecule has 7 nitrogen and oxygen atoms in total. The van der Waals surface area contributed by atoms with Crippen LogP contribution in [-0.4, -0.2) is 44.9 Å². The van der Waals surface area contributed by atoms with E-state index >= 15 is 0 Å². The van der Waals surface area contributed by atoms with Gasteiger partial charge in [0.25, 0.3) is 0 Å². The molecule has 2 aromatic carbocycles. The lowest BCUT2D eigenvalue weighted by Gasteiger charge is -2.32. The SMILES string of the molecule is CC(C)[C@H](NC(=O)C1CCN(S(=O)(=O)c2ccc(F)cc2)CC1)c1ccc2c(c1)OCCO2. The number of ether oxygens (including phenoxy) is 2. The van der Waals surface area contributed by atoms with Crippen LogP contribution in [0.1, 0.15) is 38.3 Å². The number of carbonyl (C=O) groups excluding carboxylic acids is 1. The fraction of sp³-hybridized carbons (Fsp3) is 0.458. The highest BCUT2D eigenvalue weighted by Gasteiger charge is 2.33. The van der Waals surface area contributed by atoms with Gasteiger partial charge in [0.05, 0.1) is 10.9 Å². The molecule has 1 N–H and O–H groups in total. The van der Waals surface area contributed by atoms with E-state index in [1.807, 2.05) is 32.0 Å². The number of hydrogen-bond acceptors (Lipinski definition) is 5. The summed E-state index contributed by atoms with van der Waals surface area (Å²) in [6, 6.07) is 10.3.